The fourth-order valence-electron chi connectivity index (χ4n) is 3.71. The lowest BCUT2D eigenvalue weighted by Crippen LogP contribution is -2.33. The van der Waals surface area contributed by atoms with E-state index < -0.39 is 5.91 Å². The maximum atomic E-state index is 11.4. The Morgan fingerprint density at radius 3 is 2.04 bits per heavy atom. The zero-order valence-corrected chi connectivity index (χ0v) is 16.0. The minimum Gasteiger partial charge on any atom is -0.288 e. The second kappa shape index (κ2) is 6.73. The summed E-state index contributed by atoms with van der Waals surface area (Å²) in [4.78, 5) is 11.4. The number of fused-ring (bicyclic) bond motifs is 1. The maximum Gasteiger partial charge on any atom is 0.274 e. The molecule has 0 aromatic heterocycles. The van der Waals surface area contributed by atoms with Gasteiger partial charge in [-0.15, -0.1) is 0 Å². The van der Waals surface area contributed by atoms with Gasteiger partial charge in [0.1, 0.15) is 0 Å². The quantitative estimate of drug-likeness (QED) is 0.447. The summed E-state index contributed by atoms with van der Waals surface area (Å²) in [6.07, 6.45) is 6.58. The van der Waals surface area contributed by atoms with E-state index in [9.17, 15) is 4.79 Å². The molecule has 0 bridgehead atoms. The predicted molar refractivity (Wildman–Crippen MR) is 106 cm³/mol. The van der Waals surface area contributed by atoms with Crippen LogP contribution in [0.1, 0.15) is 73.1 Å². The standard InChI is InChI=1S/C23H27NO2/c1-22(2)13-14-23(3,4)20-15-17(9-12-19(20)22)6-5-16-7-10-18(11-8-16)21(25)24-26/h5-12,15,26H,13-14H2,1-4H3,(H,24,25)/b6-5+. The summed E-state index contributed by atoms with van der Waals surface area (Å²) in [5, 5.41) is 8.67. The van der Waals surface area contributed by atoms with E-state index >= 15 is 0 Å². The van der Waals surface area contributed by atoms with Crippen LogP contribution in [-0.2, 0) is 10.8 Å². The van der Waals surface area contributed by atoms with Crippen LogP contribution in [0, 0.1) is 0 Å². The van der Waals surface area contributed by atoms with Crippen molar-refractivity contribution in [2.75, 3.05) is 0 Å². The summed E-state index contributed by atoms with van der Waals surface area (Å²) in [7, 11) is 0. The van der Waals surface area contributed by atoms with Gasteiger partial charge in [0.15, 0.2) is 0 Å². The fraction of sp³-hybridized carbons (Fsp3) is 0.348. The molecule has 0 aliphatic heterocycles. The van der Waals surface area contributed by atoms with Gasteiger partial charge in [-0.1, -0.05) is 70.2 Å². The number of benzene rings is 2. The van der Waals surface area contributed by atoms with Gasteiger partial charge in [-0.3, -0.25) is 10.0 Å². The lowest BCUT2D eigenvalue weighted by molar-refractivity contribution is 0.0706. The smallest absolute Gasteiger partial charge is 0.274 e. The molecule has 1 aliphatic rings. The second-order valence-electron chi connectivity index (χ2n) is 8.47. The summed E-state index contributed by atoms with van der Waals surface area (Å²) in [5.41, 5.74) is 7.62. The second-order valence-corrected chi connectivity index (χ2v) is 8.47. The van der Waals surface area contributed by atoms with Gasteiger partial charge in [0.25, 0.3) is 5.91 Å². The number of amides is 1. The van der Waals surface area contributed by atoms with Crippen molar-refractivity contribution < 1.29 is 10.0 Å². The van der Waals surface area contributed by atoms with E-state index in [1.54, 1.807) is 17.6 Å². The number of carbonyl (C=O) groups excluding carboxylic acids is 1. The molecule has 2 aromatic carbocycles. The Kier molecular flexibility index (Phi) is 4.76. The Labute approximate surface area is 155 Å². The average Bonchev–Trinajstić information content (AvgIpc) is 2.63. The minimum atomic E-state index is -0.500. The van der Waals surface area contributed by atoms with Gasteiger partial charge in [-0.05, 0) is 58.1 Å². The topological polar surface area (TPSA) is 49.3 Å². The number of carbonyl (C=O) groups is 1. The first-order valence-corrected chi connectivity index (χ1v) is 9.10. The van der Waals surface area contributed by atoms with Gasteiger partial charge in [0, 0.05) is 5.56 Å². The van der Waals surface area contributed by atoms with E-state index in [-0.39, 0.29) is 10.8 Å². The molecule has 0 unspecified atom stereocenters. The Morgan fingerprint density at radius 2 is 1.42 bits per heavy atom. The van der Waals surface area contributed by atoms with E-state index in [0.717, 1.165) is 5.56 Å². The first-order chi connectivity index (χ1) is 12.2. The van der Waals surface area contributed by atoms with Gasteiger partial charge >= 0.3 is 0 Å². The minimum absolute atomic E-state index is 0.202. The van der Waals surface area contributed by atoms with Crippen LogP contribution in [0.5, 0.6) is 0 Å². The molecule has 3 heteroatoms. The molecule has 0 heterocycles. The van der Waals surface area contributed by atoms with Crippen molar-refractivity contribution in [3.8, 4) is 0 Å². The molecule has 0 saturated heterocycles. The monoisotopic (exact) mass is 349 g/mol. The molecule has 1 amide bonds. The Bertz CT molecular complexity index is 845. The van der Waals surface area contributed by atoms with Gasteiger partial charge in [-0.2, -0.15) is 0 Å². The number of rotatable bonds is 3. The third kappa shape index (κ3) is 3.58. The Morgan fingerprint density at radius 1 is 0.885 bits per heavy atom. The van der Waals surface area contributed by atoms with E-state index in [4.69, 9.17) is 5.21 Å². The normalized spacial score (nSPS) is 17.7. The Hall–Kier alpha value is -2.39. The van der Waals surface area contributed by atoms with Crippen molar-refractivity contribution in [1.82, 2.24) is 5.48 Å². The van der Waals surface area contributed by atoms with E-state index in [1.807, 2.05) is 18.2 Å². The molecule has 0 fully saturated rings. The zero-order chi connectivity index (χ0) is 18.9. The van der Waals surface area contributed by atoms with Gasteiger partial charge < -0.3 is 0 Å². The highest BCUT2D eigenvalue weighted by Gasteiger charge is 2.36. The van der Waals surface area contributed by atoms with Crippen molar-refractivity contribution in [3.05, 3.63) is 70.3 Å². The first-order valence-electron chi connectivity index (χ1n) is 9.10. The molecular formula is C23H27NO2. The predicted octanol–water partition coefficient (Wildman–Crippen LogP) is 5.33. The summed E-state index contributed by atoms with van der Waals surface area (Å²) < 4.78 is 0. The molecule has 0 spiro atoms. The molecule has 136 valence electrons. The van der Waals surface area contributed by atoms with Gasteiger partial charge in [0.05, 0.1) is 0 Å². The molecule has 3 nitrogen and oxygen atoms in total. The maximum absolute atomic E-state index is 11.4. The highest BCUT2D eigenvalue weighted by Crippen LogP contribution is 2.45. The van der Waals surface area contributed by atoms with Gasteiger partial charge in [0.2, 0.25) is 0 Å². The molecule has 0 saturated carbocycles. The molecule has 2 aromatic rings. The van der Waals surface area contributed by atoms with E-state index in [0.29, 0.717) is 5.56 Å². The summed E-state index contributed by atoms with van der Waals surface area (Å²) in [5.74, 6) is -0.500. The van der Waals surface area contributed by atoms with Crippen molar-refractivity contribution >= 4 is 18.1 Å². The Balaban J connectivity index is 1.87. The zero-order valence-electron chi connectivity index (χ0n) is 16.0. The van der Waals surface area contributed by atoms with Crippen LogP contribution in [0.2, 0.25) is 0 Å². The number of hydrogen-bond acceptors (Lipinski definition) is 2. The van der Waals surface area contributed by atoms with Crippen molar-refractivity contribution in [1.29, 1.82) is 0 Å². The molecule has 1 aliphatic carbocycles. The van der Waals surface area contributed by atoms with Crippen LogP contribution >= 0.6 is 0 Å². The highest BCUT2D eigenvalue weighted by atomic mass is 16.5. The van der Waals surface area contributed by atoms with Crippen LogP contribution in [-0.4, -0.2) is 11.1 Å². The summed E-state index contributed by atoms with van der Waals surface area (Å²) >= 11 is 0. The molecule has 2 N–H and O–H groups in total. The average molecular weight is 349 g/mol. The largest absolute Gasteiger partial charge is 0.288 e. The molecule has 26 heavy (non-hydrogen) atoms. The van der Waals surface area contributed by atoms with Crippen molar-refractivity contribution in [2.45, 2.75) is 51.4 Å². The summed E-state index contributed by atoms with van der Waals surface area (Å²) in [6.45, 7) is 9.33. The van der Waals surface area contributed by atoms with Crippen molar-refractivity contribution in [2.24, 2.45) is 0 Å². The van der Waals surface area contributed by atoms with Crippen LogP contribution in [0.4, 0.5) is 0 Å². The lowest BCUT2D eigenvalue weighted by atomic mass is 9.63. The van der Waals surface area contributed by atoms with Crippen LogP contribution < -0.4 is 5.48 Å². The molecule has 3 rings (SSSR count). The van der Waals surface area contributed by atoms with Crippen molar-refractivity contribution in [3.63, 3.8) is 0 Å². The number of nitrogens with one attached hydrogen (secondary N) is 1. The third-order valence-electron chi connectivity index (χ3n) is 5.62. The van der Waals surface area contributed by atoms with Gasteiger partial charge in [-0.25, -0.2) is 5.48 Å². The summed E-state index contributed by atoms with van der Waals surface area (Å²) in [6, 6.07) is 13.9. The molecule has 0 atom stereocenters. The van der Waals surface area contributed by atoms with Crippen LogP contribution in [0.25, 0.3) is 12.2 Å². The third-order valence-corrected chi connectivity index (χ3v) is 5.62. The first kappa shape index (κ1) is 18.4. The molecule has 0 radical (unpaired) electrons. The highest BCUT2D eigenvalue weighted by molar-refractivity contribution is 5.93. The van der Waals surface area contributed by atoms with Crippen LogP contribution in [0.15, 0.2) is 42.5 Å². The van der Waals surface area contributed by atoms with E-state index in [1.165, 1.54) is 29.5 Å². The fourth-order valence-corrected chi connectivity index (χ4v) is 3.71. The van der Waals surface area contributed by atoms with E-state index in [2.05, 4.69) is 52.0 Å². The number of hydrogen-bond donors (Lipinski definition) is 2. The molecular weight excluding hydrogens is 322 g/mol. The number of hydroxylamine groups is 1. The van der Waals surface area contributed by atoms with Crippen LogP contribution in [0.3, 0.4) is 0 Å². The lowest BCUT2D eigenvalue weighted by Gasteiger charge is -2.42. The SMILES string of the molecule is CC1(C)CCC(C)(C)c2cc(/C=C/c3ccc(C(=O)NO)cc3)ccc21.